The molecule has 0 saturated heterocycles. The van der Waals surface area contributed by atoms with Gasteiger partial charge in [0.05, 0.1) is 6.20 Å². The molecule has 0 spiro atoms. The van der Waals surface area contributed by atoms with E-state index in [9.17, 15) is 0 Å². The molecule has 1 aromatic rings. The fourth-order valence-corrected chi connectivity index (χ4v) is 1.35. The van der Waals surface area contributed by atoms with Crippen molar-refractivity contribution in [3.05, 3.63) is 18.4 Å². The smallest absolute Gasteiger partial charge is 0.197 e. The van der Waals surface area contributed by atoms with Gasteiger partial charge in [0, 0.05) is 5.92 Å². The highest BCUT2D eigenvalue weighted by Crippen LogP contribution is 2.25. The van der Waals surface area contributed by atoms with Crippen molar-refractivity contribution in [1.82, 2.24) is 4.98 Å². The molecule has 2 nitrogen and oxygen atoms in total. The lowest BCUT2D eigenvalue weighted by Crippen LogP contribution is -2.05. The molecule has 62 valence electrons. The second-order valence-electron chi connectivity index (χ2n) is 3.13. The van der Waals surface area contributed by atoms with Gasteiger partial charge in [0.15, 0.2) is 5.89 Å². The molecule has 0 aliphatic rings. The van der Waals surface area contributed by atoms with Crippen LogP contribution in [0.15, 0.2) is 16.9 Å². The van der Waals surface area contributed by atoms with Crippen LogP contribution >= 0.6 is 0 Å². The topological polar surface area (TPSA) is 26.0 Å². The molecule has 1 unspecified atom stereocenters. The molecule has 0 radical (unpaired) electrons. The van der Waals surface area contributed by atoms with E-state index in [1.165, 1.54) is 0 Å². The Balaban J connectivity index is 2.71. The molecule has 1 atom stereocenters. The van der Waals surface area contributed by atoms with Crippen LogP contribution in [0.5, 0.6) is 0 Å². The van der Waals surface area contributed by atoms with Crippen molar-refractivity contribution in [2.45, 2.75) is 33.1 Å². The van der Waals surface area contributed by atoms with Crippen LogP contribution in [0.3, 0.4) is 0 Å². The average Bonchev–Trinajstić information content (AvgIpc) is 2.40. The molecule has 1 rings (SSSR count). The molecule has 0 bridgehead atoms. The van der Waals surface area contributed by atoms with E-state index < -0.39 is 0 Å². The Labute approximate surface area is 67.6 Å². The van der Waals surface area contributed by atoms with Crippen LogP contribution in [0.4, 0.5) is 0 Å². The van der Waals surface area contributed by atoms with Gasteiger partial charge < -0.3 is 4.42 Å². The maximum atomic E-state index is 5.24. The Bertz CT molecular complexity index is 191. The zero-order valence-electron chi connectivity index (χ0n) is 7.37. The fraction of sp³-hybridized carbons (Fsp3) is 0.667. The van der Waals surface area contributed by atoms with Crippen LogP contribution in [0, 0.1) is 5.92 Å². The first-order valence-corrected chi connectivity index (χ1v) is 4.15. The zero-order chi connectivity index (χ0) is 8.27. The molecule has 0 N–H and O–H groups in total. The summed E-state index contributed by atoms with van der Waals surface area (Å²) in [6, 6.07) is 0. The fourth-order valence-electron chi connectivity index (χ4n) is 1.35. The van der Waals surface area contributed by atoms with Crippen LogP contribution in [0.25, 0.3) is 0 Å². The van der Waals surface area contributed by atoms with Gasteiger partial charge in [-0.05, 0) is 12.3 Å². The van der Waals surface area contributed by atoms with Gasteiger partial charge in [-0.3, -0.25) is 0 Å². The van der Waals surface area contributed by atoms with E-state index in [4.69, 9.17) is 4.42 Å². The number of nitrogens with zero attached hydrogens (tertiary/aromatic N) is 1. The van der Waals surface area contributed by atoms with Crippen LogP contribution in [0.1, 0.15) is 39.0 Å². The molecule has 0 fully saturated rings. The lowest BCUT2D eigenvalue weighted by molar-refractivity contribution is 0.373. The minimum Gasteiger partial charge on any atom is -0.449 e. The van der Waals surface area contributed by atoms with Gasteiger partial charge in [-0.2, -0.15) is 0 Å². The quantitative estimate of drug-likeness (QED) is 0.667. The summed E-state index contributed by atoms with van der Waals surface area (Å²) in [5.41, 5.74) is 0. The van der Waals surface area contributed by atoms with Crippen molar-refractivity contribution >= 4 is 0 Å². The van der Waals surface area contributed by atoms with E-state index in [2.05, 4.69) is 25.8 Å². The lowest BCUT2D eigenvalue weighted by Gasteiger charge is -2.14. The minimum absolute atomic E-state index is 0.477. The molecule has 0 aliphatic heterocycles. The predicted octanol–water partition coefficient (Wildman–Crippen LogP) is 2.82. The third kappa shape index (κ3) is 1.82. The Morgan fingerprint density at radius 2 is 2.27 bits per heavy atom. The maximum Gasteiger partial charge on any atom is 0.197 e. The highest BCUT2D eigenvalue weighted by atomic mass is 16.3. The monoisotopic (exact) mass is 153 g/mol. The van der Waals surface area contributed by atoms with Crippen LogP contribution in [-0.4, -0.2) is 4.98 Å². The molecule has 2 heteroatoms. The molecular weight excluding hydrogens is 138 g/mol. The molecular formula is C9H15NO. The van der Waals surface area contributed by atoms with Crippen molar-refractivity contribution in [3.63, 3.8) is 0 Å². The number of aromatic nitrogens is 1. The van der Waals surface area contributed by atoms with Crippen molar-refractivity contribution in [1.29, 1.82) is 0 Å². The second kappa shape index (κ2) is 3.56. The maximum absolute atomic E-state index is 5.24. The second-order valence-corrected chi connectivity index (χ2v) is 3.13. The molecule has 0 saturated carbocycles. The average molecular weight is 153 g/mol. The van der Waals surface area contributed by atoms with Gasteiger partial charge in [-0.15, -0.1) is 0 Å². The summed E-state index contributed by atoms with van der Waals surface area (Å²) < 4.78 is 5.24. The van der Waals surface area contributed by atoms with Gasteiger partial charge in [0.1, 0.15) is 6.26 Å². The Morgan fingerprint density at radius 1 is 1.55 bits per heavy atom. The van der Waals surface area contributed by atoms with Gasteiger partial charge in [-0.1, -0.05) is 20.8 Å². The minimum atomic E-state index is 0.477. The van der Waals surface area contributed by atoms with E-state index in [0.717, 1.165) is 12.3 Å². The summed E-state index contributed by atoms with van der Waals surface area (Å²) in [5, 5.41) is 0. The Hall–Kier alpha value is -0.790. The summed E-state index contributed by atoms with van der Waals surface area (Å²) in [7, 11) is 0. The van der Waals surface area contributed by atoms with Crippen molar-refractivity contribution < 1.29 is 4.42 Å². The van der Waals surface area contributed by atoms with Gasteiger partial charge in [-0.25, -0.2) is 4.98 Å². The predicted molar refractivity (Wildman–Crippen MR) is 44.4 cm³/mol. The Morgan fingerprint density at radius 3 is 2.64 bits per heavy atom. The summed E-state index contributed by atoms with van der Waals surface area (Å²) in [4.78, 5) is 4.14. The van der Waals surface area contributed by atoms with E-state index >= 15 is 0 Å². The molecule has 1 heterocycles. The number of oxazole rings is 1. The molecule has 1 aromatic heterocycles. The van der Waals surface area contributed by atoms with Gasteiger partial charge >= 0.3 is 0 Å². The normalized spacial score (nSPS) is 13.8. The highest BCUT2D eigenvalue weighted by molar-refractivity contribution is 4.92. The number of hydrogen-bond acceptors (Lipinski definition) is 2. The SMILES string of the molecule is CCC(c1ncco1)C(C)C. The first kappa shape index (κ1) is 8.31. The van der Waals surface area contributed by atoms with E-state index in [1.54, 1.807) is 12.5 Å². The highest BCUT2D eigenvalue weighted by Gasteiger charge is 2.16. The Kier molecular flexibility index (Phi) is 2.69. The van der Waals surface area contributed by atoms with E-state index in [0.29, 0.717) is 11.8 Å². The number of hydrogen-bond donors (Lipinski definition) is 0. The summed E-state index contributed by atoms with van der Waals surface area (Å²) in [6.45, 7) is 6.55. The molecule has 0 aromatic carbocycles. The van der Waals surface area contributed by atoms with Crippen LogP contribution in [-0.2, 0) is 0 Å². The van der Waals surface area contributed by atoms with Crippen LogP contribution in [0.2, 0.25) is 0 Å². The molecule has 0 aliphatic carbocycles. The summed E-state index contributed by atoms with van der Waals surface area (Å²) >= 11 is 0. The van der Waals surface area contributed by atoms with Crippen LogP contribution < -0.4 is 0 Å². The zero-order valence-corrected chi connectivity index (χ0v) is 7.37. The van der Waals surface area contributed by atoms with Crippen molar-refractivity contribution in [3.8, 4) is 0 Å². The third-order valence-electron chi connectivity index (χ3n) is 2.01. The summed E-state index contributed by atoms with van der Waals surface area (Å²) in [5.74, 6) is 1.96. The van der Waals surface area contributed by atoms with E-state index in [-0.39, 0.29) is 0 Å². The lowest BCUT2D eigenvalue weighted by atomic mass is 9.93. The van der Waals surface area contributed by atoms with Crippen molar-refractivity contribution in [2.24, 2.45) is 5.92 Å². The molecule has 11 heavy (non-hydrogen) atoms. The summed E-state index contributed by atoms with van der Waals surface area (Å²) in [6.07, 6.45) is 4.44. The number of rotatable bonds is 3. The van der Waals surface area contributed by atoms with Gasteiger partial charge in [0.2, 0.25) is 0 Å². The standard InChI is InChI=1S/C9H15NO/c1-4-8(7(2)3)9-10-5-6-11-9/h5-8H,4H2,1-3H3. The van der Waals surface area contributed by atoms with E-state index in [1.807, 2.05) is 0 Å². The first-order valence-electron chi connectivity index (χ1n) is 4.15. The molecule has 0 amide bonds. The third-order valence-corrected chi connectivity index (χ3v) is 2.01. The first-order chi connectivity index (χ1) is 5.25. The van der Waals surface area contributed by atoms with Gasteiger partial charge in [0.25, 0.3) is 0 Å². The van der Waals surface area contributed by atoms with Crippen molar-refractivity contribution in [2.75, 3.05) is 0 Å². The largest absolute Gasteiger partial charge is 0.449 e.